The molecule has 25 heavy (non-hydrogen) atoms. The van der Waals surface area contributed by atoms with E-state index in [1.165, 1.54) is 6.92 Å². The number of β-amino-alcohol motifs (C(OH)–C–C–N with tert-alkyl or cyclic N) is 1. The number of hydrogen-bond acceptors (Lipinski definition) is 4. The summed E-state index contributed by atoms with van der Waals surface area (Å²) in [5.41, 5.74) is 2.13. The molecule has 7 heteroatoms. The minimum absolute atomic E-state index is 0.0685. The predicted molar refractivity (Wildman–Crippen MR) is 92.8 cm³/mol. The third kappa shape index (κ3) is 3.71. The number of nitrogens with one attached hydrogen (secondary N) is 1. The first-order chi connectivity index (χ1) is 12.0. The number of rotatable bonds is 3. The number of nitrogens with zero attached hydrogens (tertiary/aromatic N) is 3. The number of aryl methyl sites for hydroxylation is 1. The molecule has 1 aromatic heterocycles. The maximum Gasteiger partial charge on any atom is 0.272 e. The molecule has 7 nitrogen and oxygen atoms in total. The van der Waals surface area contributed by atoms with E-state index in [1.54, 1.807) is 22.7 Å². The monoisotopic (exact) mass is 342 g/mol. The van der Waals surface area contributed by atoms with E-state index >= 15 is 0 Å². The third-order valence-corrected chi connectivity index (χ3v) is 4.53. The zero-order valence-electron chi connectivity index (χ0n) is 14.3. The first kappa shape index (κ1) is 17.2. The van der Waals surface area contributed by atoms with Crippen LogP contribution in [0.4, 0.5) is 0 Å². The molecule has 2 aromatic rings. The zero-order chi connectivity index (χ0) is 18.0. The summed E-state index contributed by atoms with van der Waals surface area (Å²) in [6, 6.07) is 11.1. The van der Waals surface area contributed by atoms with Crippen molar-refractivity contribution in [3.63, 3.8) is 0 Å². The Hall–Kier alpha value is -2.67. The summed E-state index contributed by atoms with van der Waals surface area (Å²) < 4.78 is 1.67. The first-order valence-electron chi connectivity index (χ1n) is 8.29. The van der Waals surface area contributed by atoms with Crippen LogP contribution in [0.3, 0.4) is 0 Å². The van der Waals surface area contributed by atoms with Crippen LogP contribution in [0.1, 0.15) is 23.8 Å². The first-order valence-corrected chi connectivity index (χ1v) is 8.29. The van der Waals surface area contributed by atoms with Gasteiger partial charge < -0.3 is 15.3 Å². The van der Waals surface area contributed by atoms with Crippen molar-refractivity contribution in [1.82, 2.24) is 20.0 Å². The van der Waals surface area contributed by atoms with E-state index in [0.29, 0.717) is 18.7 Å². The normalized spacial score (nSPS) is 20.4. The summed E-state index contributed by atoms with van der Waals surface area (Å²) >= 11 is 0. The van der Waals surface area contributed by atoms with E-state index < -0.39 is 6.10 Å². The largest absolute Gasteiger partial charge is 0.389 e. The second-order valence-electron chi connectivity index (χ2n) is 6.31. The molecule has 0 bridgehead atoms. The lowest BCUT2D eigenvalue weighted by Crippen LogP contribution is -2.55. The number of benzene rings is 1. The number of aromatic nitrogens is 2. The van der Waals surface area contributed by atoms with Gasteiger partial charge in [-0.15, -0.1) is 0 Å². The molecule has 132 valence electrons. The molecule has 0 radical (unpaired) electrons. The number of carbonyl (C=O) groups is 2. The van der Waals surface area contributed by atoms with Gasteiger partial charge in [0, 0.05) is 27.1 Å². The Balaban J connectivity index is 1.69. The van der Waals surface area contributed by atoms with Crippen LogP contribution in [0.15, 0.2) is 36.4 Å². The fourth-order valence-electron chi connectivity index (χ4n) is 3.09. The van der Waals surface area contributed by atoms with Crippen molar-refractivity contribution in [3.8, 4) is 11.3 Å². The number of aliphatic hydroxyl groups excluding tert-OH is 1. The van der Waals surface area contributed by atoms with E-state index in [1.807, 2.05) is 30.3 Å². The molecule has 1 aliphatic heterocycles. The van der Waals surface area contributed by atoms with Gasteiger partial charge in [0.15, 0.2) is 5.69 Å². The van der Waals surface area contributed by atoms with Crippen LogP contribution >= 0.6 is 0 Å². The average Bonchev–Trinajstić information content (AvgIpc) is 2.99. The Morgan fingerprint density at radius 1 is 1.28 bits per heavy atom. The molecule has 0 spiro atoms. The lowest BCUT2D eigenvalue weighted by atomic mass is 10.0. The highest BCUT2D eigenvalue weighted by molar-refractivity contribution is 5.93. The summed E-state index contributed by atoms with van der Waals surface area (Å²) in [6.45, 7) is 2.23. The van der Waals surface area contributed by atoms with Gasteiger partial charge in [0.25, 0.3) is 5.91 Å². The lowest BCUT2D eigenvalue weighted by molar-refractivity contribution is -0.132. The molecule has 0 saturated carbocycles. The summed E-state index contributed by atoms with van der Waals surface area (Å²) in [4.78, 5) is 25.5. The molecule has 2 N–H and O–H groups in total. The van der Waals surface area contributed by atoms with Gasteiger partial charge >= 0.3 is 0 Å². The van der Waals surface area contributed by atoms with Crippen LogP contribution < -0.4 is 5.32 Å². The maximum atomic E-state index is 12.5. The number of amides is 2. The molecule has 1 fully saturated rings. The Morgan fingerprint density at radius 3 is 2.64 bits per heavy atom. The fraction of sp³-hybridized carbons (Fsp3) is 0.389. The fourth-order valence-corrected chi connectivity index (χ4v) is 3.09. The van der Waals surface area contributed by atoms with E-state index in [0.717, 1.165) is 11.3 Å². The van der Waals surface area contributed by atoms with Gasteiger partial charge in [0.2, 0.25) is 5.91 Å². The third-order valence-electron chi connectivity index (χ3n) is 4.53. The molecule has 0 aliphatic carbocycles. The van der Waals surface area contributed by atoms with Crippen molar-refractivity contribution >= 4 is 11.8 Å². The van der Waals surface area contributed by atoms with Gasteiger partial charge in [0.1, 0.15) is 0 Å². The quantitative estimate of drug-likeness (QED) is 0.864. The number of piperidine rings is 1. The van der Waals surface area contributed by atoms with Crippen molar-refractivity contribution in [2.75, 3.05) is 13.1 Å². The molecule has 0 unspecified atom stereocenters. The van der Waals surface area contributed by atoms with E-state index in [9.17, 15) is 14.7 Å². The molecular weight excluding hydrogens is 320 g/mol. The van der Waals surface area contributed by atoms with E-state index in [2.05, 4.69) is 10.4 Å². The molecule has 2 heterocycles. The van der Waals surface area contributed by atoms with E-state index in [-0.39, 0.29) is 24.4 Å². The second kappa shape index (κ2) is 7.06. The highest BCUT2D eigenvalue weighted by atomic mass is 16.3. The molecular formula is C18H22N4O3. The highest BCUT2D eigenvalue weighted by Gasteiger charge is 2.30. The van der Waals surface area contributed by atoms with Gasteiger partial charge in [-0.05, 0) is 18.1 Å². The van der Waals surface area contributed by atoms with Crippen LogP contribution in [-0.4, -0.2) is 56.8 Å². The number of carbonyl (C=O) groups excluding carboxylic acids is 2. The summed E-state index contributed by atoms with van der Waals surface area (Å²) in [6.07, 6.45) is -0.260. The smallest absolute Gasteiger partial charge is 0.272 e. The van der Waals surface area contributed by atoms with Crippen LogP contribution in [0.25, 0.3) is 11.3 Å². The Kier molecular flexibility index (Phi) is 4.85. The summed E-state index contributed by atoms with van der Waals surface area (Å²) in [7, 11) is 1.79. The van der Waals surface area contributed by atoms with Gasteiger partial charge in [-0.25, -0.2) is 0 Å². The van der Waals surface area contributed by atoms with Gasteiger partial charge in [-0.3, -0.25) is 14.3 Å². The molecule has 2 atom stereocenters. The van der Waals surface area contributed by atoms with Crippen LogP contribution in [0.2, 0.25) is 0 Å². The number of aliphatic hydroxyl groups is 1. The SMILES string of the molecule is CC(=O)N1CC[C@@H](NC(=O)c2cc(-c3ccccc3)n(C)n2)[C@H](O)C1. The molecule has 1 saturated heterocycles. The van der Waals surface area contributed by atoms with Gasteiger partial charge in [-0.2, -0.15) is 5.10 Å². The Bertz CT molecular complexity index is 772. The molecule has 3 rings (SSSR count). The number of likely N-dealkylation sites (tertiary alicyclic amines) is 1. The predicted octanol–water partition coefficient (Wildman–Crippen LogP) is 0.799. The molecule has 2 amide bonds. The zero-order valence-corrected chi connectivity index (χ0v) is 14.3. The number of hydrogen-bond donors (Lipinski definition) is 2. The Morgan fingerprint density at radius 2 is 2.00 bits per heavy atom. The maximum absolute atomic E-state index is 12.5. The van der Waals surface area contributed by atoms with Crippen molar-refractivity contribution in [2.24, 2.45) is 7.05 Å². The standard InChI is InChI=1S/C18H22N4O3/c1-12(23)22-9-8-14(17(24)11-22)19-18(25)15-10-16(21(2)20-15)13-6-4-3-5-7-13/h3-7,10,14,17,24H,8-9,11H2,1-2H3,(H,19,25)/t14-,17-/m1/s1. The van der Waals surface area contributed by atoms with Crippen molar-refractivity contribution in [1.29, 1.82) is 0 Å². The molecule has 1 aliphatic rings. The highest BCUT2D eigenvalue weighted by Crippen LogP contribution is 2.20. The van der Waals surface area contributed by atoms with E-state index in [4.69, 9.17) is 0 Å². The topological polar surface area (TPSA) is 87.5 Å². The van der Waals surface area contributed by atoms with Crippen molar-refractivity contribution < 1.29 is 14.7 Å². The van der Waals surface area contributed by atoms with Crippen LogP contribution in [-0.2, 0) is 11.8 Å². The summed E-state index contributed by atoms with van der Waals surface area (Å²) in [5, 5.41) is 17.3. The minimum Gasteiger partial charge on any atom is -0.389 e. The van der Waals surface area contributed by atoms with Gasteiger partial charge in [0.05, 0.1) is 17.8 Å². The average molecular weight is 342 g/mol. The Labute approximate surface area is 146 Å². The van der Waals surface area contributed by atoms with Crippen molar-refractivity contribution in [2.45, 2.75) is 25.5 Å². The summed E-state index contributed by atoms with van der Waals surface area (Å²) in [5.74, 6) is -0.390. The minimum atomic E-state index is -0.779. The second-order valence-corrected chi connectivity index (χ2v) is 6.31. The van der Waals surface area contributed by atoms with Crippen LogP contribution in [0, 0.1) is 0 Å². The van der Waals surface area contributed by atoms with Crippen molar-refractivity contribution in [3.05, 3.63) is 42.1 Å². The molecule has 1 aromatic carbocycles. The van der Waals surface area contributed by atoms with Crippen LogP contribution in [0.5, 0.6) is 0 Å². The lowest BCUT2D eigenvalue weighted by Gasteiger charge is -2.35. The van der Waals surface area contributed by atoms with Gasteiger partial charge in [-0.1, -0.05) is 30.3 Å².